The van der Waals surface area contributed by atoms with E-state index in [1.54, 1.807) is 6.07 Å². The Morgan fingerprint density at radius 2 is 2.17 bits per heavy atom. The third kappa shape index (κ3) is 3.23. The minimum Gasteiger partial charge on any atom is -0.392 e. The lowest BCUT2D eigenvalue weighted by molar-refractivity contribution is -0.137. The van der Waals surface area contributed by atoms with Crippen LogP contribution >= 0.6 is 0 Å². The topological polar surface area (TPSA) is 32.3 Å². The van der Waals surface area contributed by atoms with E-state index >= 15 is 0 Å². The molecule has 18 heavy (non-hydrogen) atoms. The first-order chi connectivity index (χ1) is 8.47. The second-order valence-corrected chi connectivity index (χ2v) is 4.72. The first-order valence-electron chi connectivity index (χ1n) is 6.02. The van der Waals surface area contributed by atoms with Crippen molar-refractivity contribution in [2.45, 2.75) is 25.1 Å². The van der Waals surface area contributed by atoms with Gasteiger partial charge in [-0.25, -0.2) is 0 Å². The molecule has 2 unspecified atom stereocenters. The second-order valence-electron chi connectivity index (χ2n) is 4.72. The lowest BCUT2D eigenvalue weighted by atomic mass is 9.95. The fourth-order valence-corrected chi connectivity index (χ4v) is 2.29. The fraction of sp³-hybridized carbons (Fsp3) is 0.538. The van der Waals surface area contributed by atoms with E-state index < -0.39 is 17.8 Å². The van der Waals surface area contributed by atoms with Crippen molar-refractivity contribution in [2.75, 3.05) is 13.1 Å². The van der Waals surface area contributed by atoms with Gasteiger partial charge in [-0.05, 0) is 36.9 Å². The number of benzene rings is 1. The molecular formula is C13H16F3NO. The van der Waals surface area contributed by atoms with Crippen molar-refractivity contribution in [2.24, 2.45) is 5.92 Å². The highest BCUT2D eigenvalue weighted by atomic mass is 19.4. The predicted molar refractivity (Wildman–Crippen MR) is 62.1 cm³/mol. The summed E-state index contributed by atoms with van der Waals surface area (Å²) in [5.41, 5.74) is -0.124. The molecule has 2 rings (SSSR count). The van der Waals surface area contributed by atoms with Crippen LogP contribution in [0.2, 0.25) is 0 Å². The Morgan fingerprint density at radius 3 is 2.78 bits per heavy atom. The van der Waals surface area contributed by atoms with Crippen LogP contribution in [0, 0.1) is 5.92 Å². The summed E-state index contributed by atoms with van der Waals surface area (Å²) in [6, 6.07) is 5.18. The Morgan fingerprint density at radius 1 is 1.39 bits per heavy atom. The van der Waals surface area contributed by atoms with Crippen molar-refractivity contribution < 1.29 is 18.3 Å². The zero-order valence-corrected chi connectivity index (χ0v) is 9.87. The first kappa shape index (κ1) is 13.4. The van der Waals surface area contributed by atoms with Crippen LogP contribution in [0.1, 0.15) is 17.5 Å². The number of nitrogens with one attached hydrogen (secondary N) is 1. The van der Waals surface area contributed by atoms with Crippen molar-refractivity contribution >= 4 is 0 Å². The molecule has 1 saturated heterocycles. The van der Waals surface area contributed by atoms with Crippen LogP contribution in [0.3, 0.4) is 0 Å². The SMILES string of the molecule is OC(Cc1cccc(C(F)(F)F)c1)C1CCNC1. The molecule has 0 aliphatic carbocycles. The molecule has 2 atom stereocenters. The third-order valence-corrected chi connectivity index (χ3v) is 3.34. The molecule has 0 saturated carbocycles. The van der Waals surface area contributed by atoms with Gasteiger partial charge in [-0.15, -0.1) is 0 Å². The molecular weight excluding hydrogens is 243 g/mol. The normalized spacial score (nSPS) is 22.1. The van der Waals surface area contributed by atoms with Gasteiger partial charge in [-0.1, -0.05) is 18.2 Å². The molecule has 0 bridgehead atoms. The maximum absolute atomic E-state index is 12.5. The number of rotatable bonds is 3. The quantitative estimate of drug-likeness (QED) is 0.872. The van der Waals surface area contributed by atoms with Gasteiger partial charge in [0, 0.05) is 6.54 Å². The van der Waals surface area contributed by atoms with Gasteiger partial charge >= 0.3 is 6.18 Å². The van der Waals surface area contributed by atoms with E-state index in [9.17, 15) is 18.3 Å². The molecule has 0 spiro atoms. The van der Waals surface area contributed by atoms with Gasteiger partial charge in [0.15, 0.2) is 0 Å². The fourth-order valence-electron chi connectivity index (χ4n) is 2.29. The van der Waals surface area contributed by atoms with Crippen LogP contribution in [-0.2, 0) is 12.6 Å². The molecule has 0 amide bonds. The van der Waals surface area contributed by atoms with E-state index in [1.165, 1.54) is 6.07 Å². The molecule has 0 radical (unpaired) electrons. The molecule has 1 fully saturated rings. The van der Waals surface area contributed by atoms with E-state index in [-0.39, 0.29) is 12.3 Å². The van der Waals surface area contributed by atoms with Crippen molar-refractivity contribution in [3.05, 3.63) is 35.4 Å². The lowest BCUT2D eigenvalue weighted by Gasteiger charge is -2.17. The largest absolute Gasteiger partial charge is 0.416 e. The van der Waals surface area contributed by atoms with Crippen LogP contribution < -0.4 is 5.32 Å². The number of aliphatic hydroxyl groups excluding tert-OH is 1. The average molecular weight is 259 g/mol. The summed E-state index contributed by atoms with van der Waals surface area (Å²) in [7, 11) is 0. The molecule has 2 nitrogen and oxygen atoms in total. The van der Waals surface area contributed by atoms with Crippen molar-refractivity contribution in [1.29, 1.82) is 0 Å². The minimum atomic E-state index is -4.32. The van der Waals surface area contributed by atoms with Gasteiger partial charge < -0.3 is 10.4 Å². The molecule has 0 aromatic heterocycles. The summed E-state index contributed by atoms with van der Waals surface area (Å²) < 4.78 is 37.6. The highest BCUT2D eigenvalue weighted by molar-refractivity contribution is 5.26. The lowest BCUT2D eigenvalue weighted by Crippen LogP contribution is -2.25. The maximum atomic E-state index is 12.5. The molecule has 1 heterocycles. The van der Waals surface area contributed by atoms with Gasteiger partial charge in [0.05, 0.1) is 11.7 Å². The summed E-state index contributed by atoms with van der Waals surface area (Å²) in [5.74, 6) is 0.138. The van der Waals surface area contributed by atoms with E-state index in [0.717, 1.165) is 31.6 Å². The van der Waals surface area contributed by atoms with Crippen molar-refractivity contribution in [1.82, 2.24) is 5.32 Å². The molecule has 5 heteroatoms. The van der Waals surface area contributed by atoms with Crippen LogP contribution in [0.5, 0.6) is 0 Å². The van der Waals surface area contributed by atoms with Crippen LogP contribution in [0.25, 0.3) is 0 Å². The van der Waals surface area contributed by atoms with Crippen LogP contribution in [0.15, 0.2) is 24.3 Å². The zero-order valence-electron chi connectivity index (χ0n) is 9.87. The van der Waals surface area contributed by atoms with E-state index in [4.69, 9.17) is 0 Å². The Bertz CT molecular complexity index is 399. The Balaban J connectivity index is 2.04. The number of alkyl halides is 3. The van der Waals surface area contributed by atoms with Crippen LogP contribution in [0.4, 0.5) is 13.2 Å². The van der Waals surface area contributed by atoms with Crippen LogP contribution in [-0.4, -0.2) is 24.3 Å². The first-order valence-corrected chi connectivity index (χ1v) is 6.02. The molecule has 1 aromatic rings. The standard InChI is InChI=1S/C13H16F3NO/c14-13(15,16)11-3-1-2-9(6-11)7-12(18)10-4-5-17-8-10/h1-3,6,10,12,17-18H,4-5,7-8H2. The van der Waals surface area contributed by atoms with Gasteiger partial charge in [-0.2, -0.15) is 13.2 Å². The minimum absolute atomic E-state index is 0.138. The Hall–Kier alpha value is -1.07. The number of hydrogen-bond acceptors (Lipinski definition) is 2. The smallest absolute Gasteiger partial charge is 0.392 e. The van der Waals surface area contributed by atoms with Gasteiger partial charge in [0.1, 0.15) is 0 Å². The van der Waals surface area contributed by atoms with Gasteiger partial charge in [0.2, 0.25) is 0 Å². The Kier molecular flexibility index (Phi) is 3.92. The Labute approximate surface area is 104 Å². The third-order valence-electron chi connectivity index (χ3n) is 3.34. The summed E-state index contributed by atoms with van der Waals surface area (Å²) in [6.45, 7) is 1.60. The number of aliphatic hydroxyl groups is 1. The molecule has 1 aromatic carbocycles. The second kappa shape index (κ2) is 5.28. The van der Waals surface area contributed by atoms with Gasteiger partial charge in [-0.3, -0.25) is 0 Å². The highest BCUT2D eigenvalue weighted by Gasteiger charge is 2.31. The summed E-state index contributed by atoms with van der Waals surface area (Å²) in [4.78, 5) is 0. The van der Waals surface area contributed by atoms with Crippen molar-refractivity contribution in [3.8, 4) is 0 Å². The molecule has 100 valence electrons. The molecule has 1 aliphatic heterocycles. The van der Waals surface area contributed by atoms with E-state index in [0.29, 0.717) is 5.56 Å². The number of halogens is 3. The zero-order chi connectivity index (χ0) is 13.2. The predicted octanol–water partition coefficient (Wildman–Crippen LogP) is 2.22. The summed E-state index contributed by atoms with van der Waals surface area (Å²) in [6.07, 6.45) is -3.75. The average Bonchev–Trinajstić information content (AvgIpc) is 2.81. The molecule has 1 aliphatic rings. The summed E-state index contributed by atoms with van der Waals surface area (Å²) in [5, 5.41) is 13.1. The maximum Gasteiger partial charge on any atom is 0.416 e. The highest BCUT2D eigenvalue weighted by Crippen LogP contribution is 2.30. The molecule has 2 N–H and O–H groups in total. The van der Waals surface area contributed by atoms with E-state index in [1.807, 2.05) is 0 Å². The number of hydrogen-bond donors (Lipinski definition) is 2. The van der Waals surface area contributed by atoms with E-state index in [2.05, 4.69) is 5.32 Å². The van der Waals surface area contributed by atoms with Gasteiger partial charge in [0.25, 0.3) is 0 Å². The monoisotopic (exact) mass is 259 g/mol. The summed E-state index contributed by atoms with van der Waals surface area (Å²) >= 11 is 0. The van der Waals surface area contributed by atoms with Crippen molar-refractivity contribution in [3.63, 3.8) is 0 Å².